The number of rotatable bonds is 5. The quantitative estimate of drug-likeness (QED) is 0.768. The van der Waals surface area contributed by atoms with Crippen LogP contribution in [-0.4, -0.2) is 49.3 Å². The second-order valence-corrected chi connectivity index (χ2v) is 7.50. The van der Waals surface area contributed by atoms with Gasteiger partial charge >= 0.3 is 0 Å². The van der Waals surface area contributed by atoms with Crippen LogP contribution in [0.2, 0.25) is 0 Å². The number of benzene rings is 2. The number of carbonyl (C=O) groups excluding carboxylic acids is 1. The van der Waals surface area contributed by atoms with Gasteiger partial charge < -0.3 is 14.5 Å². The van der Waals surface area contributed by atoms with Crippen LogP contribution in [0.5, 0.6) is 5.75 Å². The van der Waals surface area contributed by atoms with E-state index in [1.54, 1.807) is 18.9 Å². The maximum atomic E-state index is 12.7. The van der Waals surface area contributed by atoms with Gasteiger partial charge in [-0.1, -0.05) is 24.3 Å². The summed E-state index contributed by atoms with van der Waals surface area (Å²) in [6.45, 7) is 5.21. The molecule has 1 unspecified atom stereocenters. The molecule has 1 heterocycles. The van der Waals surface area contributed by atoms with Gasteiger partial charge in [-0.05, 0) is 31.2 Å². The molecule has 25 heavy (non-hydrogen) atoms. The van der Waals surface area contributed by atoms with E-state index in [1.807, 2.05) is 48.2 Å². The third-order valence-corrected chi connectivity index (χ3v) is 5.51. The Hall–Kier alpha value is -2.14. The largest absolute Gasteiger partial charge is 0.497 e. The Morgan fingerprint density at radius 1 is 1.04 bits per heavy atom. The molecule has 1 fully saturated rings. The zero-order valence-corrected chi connectivity index (χ0v) is 15.5. The minimum absolute atomic E-state index is 0.0641. The lowest BCUT2D eigenvalue weighted by Crippen LogP contribution is -2.50. The first-order valence-corrected chi connectivity index (χ1v) is 9.45. The summed E-state index contributed by atoms with van der Waals surface area (Å²) in [5.41, 5.74) is 1.15. The van der Waals surface area contributed by atoms with Gasteiger partial charge in [-0.2, -0.15) is 0 Å². The fraction of sp³-hybridized carbons (Fsp3) is 0.350. The Morgan fingerprint density at radius 3 is 2.44 bits per heavy atom. The average Bonchev–Trinajstić information content (AvgIpc) is 2.68. The van der Waals surface area contributed by atoms with Crippen molar-refractivity contribution in [3.05, 3.63) is 54.6 Å². The molecule has 1 atom stereocenters. The topological polar surface area (TPSA) is 32.8 Å². The van der Waals surface area contributed by atoms with Crippen molar-refractivity contribution in [2.45, 2.75) is 17.1 Å². The zero-order chi connectivity index (χ0) is 17.6. The predicted molar refractivity (Wildman–Crippen MR) is 104 cm³/mol. The standard InChI is InChI=1S/C20H24N2O2S/c1-16(25-19-9-4-3-5-10-19)20(23)22-13-11-21(12-14-22)17-7-6-8-18(15-17)24-2/h3-10,15-16H,11-14H2,1-2H3. The Labute approximate surface area is 153 Å². The highest BCUT2D eigenvalue weighted by molar-refractivity contribution is 8.00. The molecule has 2 aromatic carbocycles. The monoisotopic (exact) mass is 356 g/mol. The highest BCUT2D eigenvalue weighted by Crippen LogP contribution is 2.26. The van der Waals surface area contributed by atoms with Crippen molar-refractivity contribution in [2.75, 3.05) is 38.2 Å². The summed E-state index contributed by atoms with van der Waals surface area (Å²) < 4.78 is 5.30. The highest BCUT2D eigenvalue weighted by atomic mass is 32.2. The lowest BCUT2D eigenvalue weighted by atomic mass is 10.2. The van der Waals surface area contributed by atoms with Crippen molar-refractivity contribution in [2.24, 2.45) is 0 Å². The van der Waals surface area contributed by atoms with Gasteiger partial charge in [0.15, 0.2) is 0 Å². The molecule has 2 aromatic rings. The molecule has 5 heteroatoms. The molecular formula is C20H24N2O2S. The molecule has 0 bridgehead atoms. The van der Waals surface area contributed by atoms with Crippen molar-refractivity contribution in [3.8, 4) is 5.75 Å². The van der Waals surface area contributed by atoms with Gasteiger partial charge in [0.05, 0.1) is 12.4 Å². The first kappa shape index (κ1) is 17.7. The van der Waals surface area contributed by atoms with Crippen LogP contribution >= 0.6 is 11.8 Å². The lowest BCUT2D eigenvalue weighted by molar-refractivity contribution is -0.130. The number of hydrogen-bond donors (Lipinski definition) is 0. The Kier molecular flexibility index (Phi) is 5.87. The number of methoxy groups -OCH3 is 1. The molecule has 0 spiro atoms. The summed E-state index contributed by atoms with van der Waals surface area (Å²) >= 11 is 1.63. The van der Waals surface area contributed by atoms with Crippen LogP contribution in [0.1, 0.15) is 6.92 Å². The zero-order valence-electron chi connectivity index (χ0n) is 14.7. The van der Waals surface area contributed by atoms with E-state index < -0.39 is 0 Å². The summed E-state index contributed by atoms with van der Waals surface area (Å²) in [7, 11) is 1.68. The summed E-state index contributed by atoms with van der Waals surface area (Å²) in [4.78, 5) is 18.1. The van der Waals surface area contributed by atoms with Crippen molar-refractivity contribution in [1.82, 2.24) is 4.90 Å². The number of anilines is 1. The molecular weight excluding hydrogens is 332 g/mol. The fourth-order valence-corrected chi connectivity index (χ4v) is 3.98. The third kappa shape index (κ3) is 4.48. The van der Waals surface area contributed by atoms with Gasteiger partial charge in [-0.3, -0.25) is 4.79 Å². The van der Waals surface area contributed by atoms with Crippen molar-refractivity contribution in [1.29, 1.82) is 0 Å². The molecule has 0 N–H and O–H groups in total. The molecule has 1 aliphatic rings. The van der Waals surface area contributed by atoms with Gasteiger partial charge in [-0.15, -0.1) is 11.8 Å². The summed E-state index contributed by atoms with van der Waals surface area (Å²) in [6.07, 6.45) is 0. The van der Waals surface area contributed by atoms with E-state index in [4.69, 9.17) is 4.74 Å². The van der Waals surface area contributed by atoms with E-state index >= 15 is 0 Å². The van der Waals surface area contributed by atoms with E-state index in [-0.39, 0.29) is 11.2 Å². The summed E-state index contributed by atoms with van der Waals surface area (Å²) in [5, 5.41) is -0.0641. The molecule has 1 amide bonds. The predicted octanol–water partition coefficient (Wildman–Crippen LogP) is 3.52. The lowest BCUT2D eigenvalue weighted by Gasteiger charge is -2.37. The van der Waals surface area contributed by atoms with Gasteiger partial charge in [-0.25, -0.2) is 0 Å². The van der Waals surface area contributed by atoms with Crippen LogP contribution in [-0.2, 0) is 4.79 Å². The van der Waals surface area contributed by atoms with Gasteiger partial charge in [0, 0.05) is 42.8 Å². The maximum Gasteiger partial charge on any atom is 0.235 e. The first-order valence-electron chi connectivity index (χ1n) is 8.57. The Bertz CT molecular complexity index is 700. The van der Waals surface area contributed by atoms with Crippen molar-refractivity contribution < 1.29 is 9.53 Å². The third-order valence-electron chi connectivity index (χ3n) is 4.41. The van der Waals surface area contributed by atoms with Crippen LogP contribution in [0.25, 0.3) is 0 Å². The Morgan fingerprint density at radius 2 is 1.76 bits per heavy atom. The molecule has 0 radical (unpaired) electrons. The van der Waals surface area contributed by atoms with E-state index in [2.05, 4.69) is 23.1 Å². The summed E-state index contributed by atoms with van der Waals surface area (Å²) in [6, 6.07) is 18.2. The second kappa shape index (κ2) is 8.30. The molecule has 1 saturated heterocycles. The van der Waals surface area contributed by atoms with Crippen LogP contribution in [0.4, 0.5) is 5.69 Å². The van der Waals surface area contributed by atoms with Crippen LogP contribution < -0.4 is 9.64 Å². The smallest absolute Gasteiger partial charge is 0.235 e. The van der Waals surface area contributed by atoms with Gasteiger partial charge in [0.2, 0.25) is 5.91 Å². The van der Waals surface area contributed by atoms with Gasteiger partial charge in [0.25, 0.3) is 0 Å². The molecule has 4 nitrogen and oxygen atoms in total. The maximum absolute atomic E-state index is 12.7. The minimum atomic E-state index is -0.0641. The Balaban J connectivity index is 1.55. The van der Waals surface area contributed by atoms with Crippen molar-refractivity contribution in [3.63, 3.8) is 0 Å². The number of piperazine rings is 1. The fourth-order valence-electron chi connectivity index (χ4n) is 3.00. The molecule has 132 valence electrons. The molecule has 0 saturated carbocycles. The SMILES string of the molecule is COc1cccc(N2CCN(C(=O)C(C)Sc3ccccc3)CC2)c1. The van der Waals surface area contributed by atoms with E-state index in [1.165, 1.54) is 0 Å². The summed E-state index contributed by atoms with van der Waals surface area (Å²) in [5.74, 6) is 1.09. The normalized spacial score (nSPS) is 15.8. The number of hydrogen-bond acceptors (Lipinski definition) is 4. The molecule has 1 aliphatic heterocycles. The molecule has 0 aliphatic carbocycles. The number of nitrogens with zero attached hydrogens (tertiary/aromatic N) is 2. The van der Waals surface area contributed by atoms with Crippen LogP contribution in [0.15, 0.2) is 59.5 Å². The van der Waals surface area contributed by atoms with E-state index in [0.717, 1.165) is 42.5 Å². The molecule has 0 aromatic heterocycles. The highest BCUT2D eigenvalue weighted by Gasteiger charge is 2.25. The number of amides is 1. The molecule has 3 rings (SSSR count). The average molecular weight is 356 g/mol. The van der Waals surface area contributed by atoms with E-state index in [9.17, 15) is 4.79 Å². The first-order chi connectivity index (χ1) is 12.2. The van der Waals surface area contributed by atoms with Crippen LogP contribution in [0.3, 0.4) is 0 Å². The second-order valence-electron chi connectivity index (χ2n) is 6.09. The number of ether oxygens (including phenoxy) is 1. The van der Waals surface area contributed by atoms with Crippen molar-refractivity contribution >= 4 is 23.4 Å². The minimum Gasteiger partial charge on any atom is -0.497 e. The van der Waals surface area contributed by atoms with E-state index in [0.29, 0.717) is 0 Å². The number of thioether (sulfide) groups is 1. The van der Waals surface area contributed by atoms with Gasteiger partial charge in [0.1, 0.15) is 5.75 Å². The number of carbonyl (C=O) groups is 1. The van der Waals surface area contributed by atoms with Crippen LogP contribution in [0, 0.1) is 0 Å².